The summed E-state index contributed by atoms with van der Waals surface area (Å²) in [5, 5.41) is 8.34. The van der Waals surface area contributed by atoms with Crippen LogP contribution in [0.25, 0.3) is 6.08 Å². The number of benzene rings is 1. The number of carboxylic acids is 1. The molecule has 0 aliphatic heterocycles. The Bertz CT molecular complexity index is 484. The van der Waals surface area contributed by atoms with Crippen LogP contribution in [0.3, 0.4) is 0 Å². The normalized spacial score (nSPS) is 11.8. The van der Waals surface area contributed by atoms with Gasteiger partial charge in [0, 0.05) is 6.08 Å². The van der Waals surface area contributed by atoms with Gasteiger partial charge in [0.2, 0.25) is 0 Å². The minimum absolute atomic E-state index is 0.227. The second-order valence-electron chi connectivity index (χ2n) is 2.72. The van der Waals surface area contributed by atoms with E-state index >= 15 is 0 Å². The fraction of sp³-hybridized carbons (Fsp3) is 0. The van der Waals surface area contributed by atoms with Crippen LogP contribution in [0.2, 0.25) is 0 Å². The van der Waals surface area contributed by atoms with Gasteiger partial charge in [-0.2, -0.15) is 8.42 Å². The van der Waals surface area contributed by atoms with Crippen LogP contribution in [0.5, 0.6) is 0 Å². The van der Waals surface area contributed by atoms with Gasteiger partial charge in [0.15, 0.2) is 0 Å². The van der Waals surface area contributed by atoms with E-state index < -0.39 is 16.1 Å². The maximum absolute atomic E-state index is 10.7. The Labute approximate surface area is 86.4 Å². The zero-order valence-corrected chi connectivity index (χ0v) is 8.31. The largest absolute Gasteiger partial charge is 0.478 e. The molecular weight excluding hydrogens is 220 g/mol. The van der Waals surface area contributed by atoms with Gasteiger partial charge in [0.05, 0.1) is 4.90 Å². The van der Waals surface area contributed by atoms with Crippen molar-refractivity contribution in [2.45, 2.75) is 4.90 Å². The van der Waals surface area contributed by atoms with Crippen molar-refractivity contribution in [3.63, 3.8) is 0 Å². The summed E-state index contributed by atoms with van der Waals surface area (Å²) in [6.45, 7) is 0. The van der Waals surface area contributed by atoms with E-state index in [4.69, 9.17) is 9.66 Å². The molecule has 0 bridgehead atoms. The van der Waals surface area contributed by atoms with Crippen LogP contribution in [0.1, 0.15) is 5.56 Å². The molecule has 0 heterocycles. The zero-order chi connectivity index (χ0) is 11.5. The zero-order valence-electron chi connectivity index (χ0n) is 7.49. The third-order valence-electron chi connectivity index (χ3n) is 1.60. The fourth-order valence-electron chi connectivity index (χ4n) is 0.918. The van der Waals surface area contributed by atoms with Crippen LogP contribution in [0.15, 0.2) is 35.2 Å². The molecule has 0 aromatic heterocycles. The summed E-state index contributed by atoms with van der Waals surface area (Å²) >= 11 is 0. The van der Waals surface area contributed by atoms with Crippen molar-refractivity contribution in [1.29, 1.82) is 0 Å². The average Bonchev–Trinajstić information content (AvgIpc) is 2.14. The molecule has 1 aromatic rings. The van der Waals surface area contributed by atoms with Gasteiger partial charge < -0.3 is 5.11 Å². The van der Waals surface area contributed by atoms with Gasteiger partial charge in [-0.3, -0.25) is 4.55 Å². The van der Waals surface area contributed by atoms with E-state index in [2.05, 4.69) is 0 Å². The van der Waals surface area contributed by atoms with Crippen molar-refractivity contribution >= 4 is 22.2 Å². The van der Waals surface area contributed by atoms with Crippen LogP contribution >= 0.6 is 0 Å². The lowest BCUT2D eigenvalue weighted by molar-refractivity contribution is -0.131. The molecule has 0 fully saturated rings. The first-order chi connectivity index (χ1) is 6.89. The summed E-state index contributed by atoms with van der Waals surface area (Å²) < 4.78 is 30.0. The van der Waals surface area contributed by atoms with Gasteiger partial charge in [0.1, 0.15) is 0 Å². The molecule has 1 aromatic carbocycles. The van der Waals surface area contributed by atoms with Crippen molar-refractivity contribution < 1.29 is 22.9 Å². The topological polar surface area (TPSA) is 91.7 Å². The van der Waals surface area contributed by atoms with Crippen LogP contribution in [-0.2, 0) is 14.9 Å². The van der Waals surface area contributed by atoms with E-state index in [1.165, 1.54) is 30.3 Å². The number of carbonyl (C=O) groups is 1. The fourth-order valence-corrected chi connectivity index (χ4v) is 1.40. The van der Waals surface area contributed by atoms with Gasteiger partial charge in [-0.1, -0.05) is 12.1 Å². The van der Waals surface area contributed by atoms with E-state index in [0.29, 0.717) is 5.56 Å². The van der Waals surface area contributed by atoms with Gasteiger partial charge in [-0.25, -0.2) is 4.79 Å². The van der Waals surface area contributed by atoms with Crippen molar-refractivity contribution in [1.82, 2.24) is 0 Å². The van der Waals surface area contributed by atoms with Crippen molar-refractivity contribution in [3.05, 3.63) is 35.9 Å². The van der Waals surface area contributed by atoms with E-state index in [9.17, 15) is 13.2 Å². The molecule has 0 amide bonds. The quantitative estimate of drug-likeness (QED) is 0.595. The predicted molar refractivity (Wildman–Crippen MR) is 52.9 cm³/mol. The molecule has 0 saturated heterocycles. The van der Waals surface area contributed by atoms with E-state index in [0.717, 1.165) is 6.08 Å². The van der Waals surface area contributed by atoms with Crippen LogP contribution in [-0.4, -0.2) is 24.0 Å². The third kappa shape index (κ3) is 3.53. The first kappa shape index (κ1) is 11.4. The second-order valence-corrected chi connectivity index (χ2v) is 4.14. The molecule has 0 aliphatic carbocycles. The molecule has 0 unspecified atom stereocenters. The molecule has 2 N–H and O–H groups in total. The predicted octanol–water partition coefficient (Wildman–Crippen LogP) is 1.03. The lowest BCUT2D eigenvalue weighted by atomic mass is 10.2. The Kier molecular flexibility index (Phi) is 3.23. The summed E-state index contributed by atoms with van der Waals surface area (Å²) in [4.78, 5) is 9.95. The number of carboxylic acid groups (broad SMARTS) is 1. The van der Waals surface area contributed by atoms with Crippen LogP contribution in [0, 0.1) is 0 Å². The van der Waals surface area contributed by atoms with Crippen LogP contribution in [0.4, 0.5) is 0 Å². The summed E-state index contributed by atoms with van der Waals surface area (Å²) in [6, 6.07) is 5.17. The first-order valence-corrected chi connectivity index (χ1v) is 5.32. The molecule has 0 atom stereocenters. The summed E-state index contributed by atoms with van der Waals surface area (Å²) in [7, 11) is -4.19. The Morgan fingerprint density at radius 3 is 2.13 bits per heavy atom. The summed E-state index contributed by atoms with van der Waals surface area (Å²) in [6.07, 6.45) is 2.25. The van der Waals surface area contributed by atoms with E-state index in [1.807, 2.05) is 0 Å². The van der Waals surface area contributed by atoms with Gasteiger partial charge in [-0.05, 0) is 23.8 Å². The maximum atomic E-state index is 10.7. The second kappa shape index (κ2) is 4.24. The molecule has 0 aliphatic rings. The third-order valence-corrected chi connectivity index (χ3v) is 2.46. The van der Waals surface area contributed by atoms with Gasteiger partial charge in [0.25, 0.3) is 10.1 Å². The van der Waals surface area contributed by atoms with Crippen molar-refractivity contribution in [3.8, 4) is 0 Å². The molecule has 1 rings (SSSR count). The van der Waals surface area contributed by atoms with Gasteiger partial charge in [-0.15, -0.1) is 0 Å². The monoisotopic (exact) mass is 228 g/mol. The summed E-state index contributed by atoms with van der Waals surface area (Å²) in [5.41, 5.74) is 0.532. The minimum Gasteiger partial charge on any atom is -0.478 e. The molecule has 15 heavy (non-hydrogen) atoms. The lowest BCUT2D eigenvalue weighted by Gasteiger charge is -1.96. The highest BCUT2D eigenvalue weighted by Crippen LogP contribution is 2.10. The van der Waals surface area contributed by atoms with Crippen molar-refractivity contribution in [2.75, 3.05) is 0 Å². The minimum atomic E-state index is -4.19. The lowest BCUT2D eigenvalue weighted by Crippen LogP contribution is -1.97. The number of rotatable bonds is 3. The smallest absolute Gasteiger partial charge is 0.328 e. The Morgan fingerprint density at radius 1 is 1.20 bits per heavy atom. The van der Waals surface area contributed by atoms with Crippen LogP contribution < -0.4 is 0 Å². The number of aliphatic carboxylic acids is 1. The van der Waals surface area contributed by atoms with Gasteiger partial charge >= 0.3 is 5.97 Å². The Morgan fingerprint density at radius 2 is 1.73 bits per heavy atom. The molecule has 5 nitrogen and oxygen atoms in total. The highest BCUT2D eigenvalue weighted by molar-refractivity contribution is 7.85. The molecular formula is C9H8O5S. The summed E-state index contributed by atoms with van der Waals surface area (Å²) in [5.74, 6) is -1.09. The van der Waals surface area contributed by atoms with Crippen molar-refractivity contribution in [2.24, 2.45) is 0 Å². The highest BCUT2D eigenvalue weighted by atomic mass is 32.2. The number of hydrogen-bond acceptors (Lipinski definition) is 3. The first-order valence-electron chi connectivity index (χ1n) is 3.88. The SMILES string of the molecule is O=C(O)/C=C\c1ccc(S(=O)(=O)O)cc1. The molecule has 0 saturated carbocycles. The van der Waals surface area contributed by atoms with E-state index in [-0.39, 0.29) is 4.90 Å². The maximum Gasteiger partial charge on any atom is 0.328 e. The number of hydrogen-bond donors (Lipinski definition) is 2. The molecule has 0 spiro atoms. The van der Waals surface area contributed by atoms with E-state index in [1.54, 1.807) is 0 Å². The molecule has 0 radical (unpaired) electrons. The molecule has 6 heteroatoms. The Hall–Kier alpha value is -1.66. The standard InChI is InChI=1S/C9H8O5S/c10-9(11)6-3-7-1-4-8(5-2-7)15(12,13)14/h1-6H,(H,10,11)(H,12,13,14)/b6-3-. The molecule has 80 valence electrons. The highest BCUT2D eigenvalue weighted by Gasteiger charge is 2.07. The Balaban J connectivity index is 2.96. The average molecular weight is 228 g/mol.